The summed E-state index contributed by atoms with van der Waals surface area (Å²) in [5, 5.41) is 1.91. The summed E-state index contributed by atoms with van der Waals surface area (Å²) in [7, 11) is 0. The zero-order chi connectivity index (χ0) is 10.7. The molecule has 1 N–H and O–H groups in total. The lowest BCUT2D eigenvalue weighted by atomic mass is 10.2. The lowest BCUT2D eigenvalue weighted by Crippen LogP contribution is -2.20. The molecule has 1 aromatic rings. The highest BCUT2D eigenvalue weighted by Crippen LogP contribution is 2.17. The van der Waals surface area contributed by atoms with Crippen molar-refractivity contribution in [1.82, 2.24) is 0 Å². The maximum absolute atomic E-state index is 13.0. The minimum Gasteiger partial charge on any atom is -0.324 e. The van der Waals surface area contributed by atoms with E-state index in [1.807, 2.05) is 0 Å². The largest absolute Gasteiger partial charge is 0.324 e. The number of hydrogen-bond acceptors (Lipinski definition) is 1. The molecule has 4 heteroatoms. The Bertz CT molecular complexity index is 352. The molecule has 0 aliphatic heterocycles. The van der Waals surface area contributed by atoms with E-state index in [9.17, 15) is 9.18 Å². The zero-order valence-electron chi connectivity index (χ0n) is 7.97. The van der Waals surface area contributed by atoms with Crippen LogP contribution in [0.4, 0.5) is 10.1 Å². The Morgan fingerprint density at radius 1 is 1.57 bits per heavy atom. The maximum Gasteiger partial charge on any atom is 0.242 e. The highest BCUT2D eigenvalue weighted by Gasteiger charge is 2.11. The smallest absolute Gasteiger partial charge is 0.242 e. The van der Waals surface area contributed by atoms with Gasteiger partial charge in [0.15, 0.2) is 0 Å². The average Bonchev–Trinajstić information content (AvgIpc) is 2.12. The fraction of sp³-hybridized carbons (Fsp3) is 0.300. The second-order valence-electron chi connectivity index (χ2n) is 3.02. The molecule has 0 bridgehead atoms. The van der Waals surface area contributed by atoms with Crippen LogP contribution in [-0.2, 0) is 4.79 Å². The van der Waals surface area contributed by atoms with E-state index in [2.05, 4.69) is 5.32 Å². The van der Waals surface area contributed by atoms with Crippen molar-refractivity contribution in [3.8, 4) is 0 Å². The summed E-state index contributed by atoms with van der Waals surface area (Å²) >= 11 is 5.56. The first-order chi connectivity index (χ1) is 6.52. The zero-order valence-corrected chi connectivity index (χ0v) is 8.73. The molecule has 0 aliphatic carbocycles. The minimum absolute atomic E-state index is 0.333. The molecule has 0 heterocycles. The fourth-order valence-corrected chi connectivity index (χ4v) is 1.03. The maximum atomic E-state index is 13.0. The predicted molar refractivity (Wildman–Crippen MR) is 55.1 cm³/mol. The molecular weight excluding hydrogens is 205 g/mol. The molecule has 1 atom stereocenters. The van der Waals surface area contributed by atoms with Gasteiger partial charge in [-0.1, -0.05) is 6.07 Å². The molecule has 0 fully saturated rings. The van der Waals surface area contributed by atoms with Gasteiger partial charge in [-0.3, -0.25) is 4.79 Å². The van der Waals surface area contributed by atoms with E-state index in [1.165, 1.54) is 12.1 Å². The number of nitrogens with one attached hydrogen (secondary N) is 1. The number of rotatable bonds is 2. The third kappa shape index (κ3) is 2.45. The van der Waals surface area contributed by atoms with Gasteiger partial charge in [0.25, 0.3) is 0 Å². The predicted octanol–water partition coefficient (Wildman–Crippen LogP) is 2.70. The van der Waals surface area contributed by atoms with Crippen LogP contribution in [0.25, 0.3) is 0 Å². The summed E-state index contributed by atoms with van der Waals surface area (Å²) in [5.74, 6) is -0.676. The summed E-state index contributed by atoms with van der Waals surface area (Å²) in [4.78, 5) is 11.2. The van der Waals surface area contributed by atoms with Gasteiger partial charge in [-0.25, -0.2) is 4.39 Å². The first-order valence-electron chi connectivity index (χ1n) is 4.22. The Morgan fingerprint density at radius 3 is 2.79 bits per heavy atom. The number of halogens is 2. The molecule has 0 radical (unpaired) electrons. The van der Waals surface area contributed by atoms with Gasteiger partial charge in [0.05, 0.1) is 0 Å². The molecule has 1 unspecified atom stereocenters. The van der Waals surface area contributed by atoms with E-state index >= 15 is 0 Å². The first-order valence-corrected chi connectivity index (χ1v) is 4.66. The standard InChI is InChI=1S/C10H11ClFNO/c1-6-8(12)4-3-5-9(6)13-10(14)7(2)11/h3-5,7H,1-2H3,(H,13,14). The molecule has 1 amide bonds. The van der Waals surface area contributed by atoms with Gasteiger partial charge in [0, 0.05) is 11.3 Å². The second kappa shape index (κ2) is 4.42. The van der Waals surface area contributed by atoms with Gasteiger partial charge in [0.2, 0.25) is 5.91 Å². The van der Waals surface area contributed by atoms with Gasteiger partial charge < -0.3 is 5.32 Å². The van der Waals surface area contributed by atoms with Crippen molar-refractivity contribution in [2.24, 2.45) is 0 Å². The van der Waals surface area contributed by atoms with Gasteiger partial charge in [-0.05, 0) is 26.0 Å². The topological polar surface area (TPSA) is 29.1 Å². The molecule has 1 rings (SSSR count). The lowest BCUT2D eigenvalue weighted by Gasteiger charge is -2.09. The summed E-state index contributed by atoms with van der Waals surface area (Å²) < 4.78 is 13.0. The third-order valence-electron chi connectivity index (χ3n) is 1.89. The van der Waals surface area contributed by atoms with Crippen molar-refractivity contribution >= 4 is 23.2 Å². The van der Waals surface area contributed by atoms with E-state index in [0.29, 0.717) is 11.3 Å². The van der Waals surface area contributed by atoms with Crippen LogP contribution in [0.3, 0.4) is 0 Å². The number of anilines is 1. The molecule has 1 aromatic carbocycles. The van der Waals surface area contributed by atoms with Crippen LogP contribution in [0.5, 0.6) is 0 Å². The molecule has 14 heavy (non-hydrogen) atoms. The quantitative estimate of drug-likeness (QED) is 0.756. The number of hydrogen-bond donors (Lipinski definition) is 1. The number of benzene rings is 1. The normalized spacial score (nSPS) is 12.3. The van der Waals surface area contributed by atoms with Crippen molar-refractivity contribution in [3.05, 3.63) is 29.6 Å². The highest BCUT2D eigenvalue weighted by molar-refractivity contribution is 6.32. The van der Waals surface area contributed by atoms with Crippen molar-refractivity contribution in [3.63, 3.8) is 0 Å². The van der Waals surface area contributed by atoms with Gasteiger partial charge >= 0.3 is 0 Å². The molecule has 0 spiro atoms. The SMILES string of the molecule is Cc1c(F)cccc1NC(=O)C(C)Cl. The minimum atomic E-state index is -0.627. The molecular formula is C10H11ClFNO. The number of alkyl halides is 1. The van der Waals surface area contributed by atoms with Crippen LogP contribution < -0.4 is 5.32 Å². The van der Waals surface area contributed by atoms with Crippen molar-refractivity contribution < 1.29 is 9.18 Å². The van der Waals surface area contributed by atoms with Gasteiger partial charge in [-0.2, -0.15) is 0 Å². The van der Waals surface area contributed by atoms with Crippen LogP contribution in [-0.4, -0.2) is 11.3 Å². The van der Waals surface area contributed by atoms with Gasteiger partial charge in [0.1, 0.15) is 11.2 Å². The van der Waals surface area contributed by atoms with E-state index < -0.39 is 5.38 Å². The number of amides is 1. The van der Waals surface area contributed by atoms with Crippen LogP contribution in [0.1, 0.15) is 12.5 Å². The number of carbonyl (C=O) groups excluding carboxylic acids is 1. The molecule has 0 aromatic heterocycles. The monoisotopic (exact) mass is 215 g/mol. The first kappa shape index (κ1) is 11.0. The van der Waals surface area contributed by atoms with Crippen LogP contribution in [0.2, 0.25) is 0 Å². The van der Waals surface area contributed by atoms with Crippen LogP contribution >= 0.6 is 11.6 Å². The van der Waals surface area contributed by atoms with Crippen LogP contribution in [0, 0.1) is 12.7 Å². The van der Waals surface area contributed by atoms with E-state index in [4.69, 9.17) is 11.6 Å². The van der Waals surface area contributed by atoms with E-state index in [-0.39, 0.29) is 11.7 Å². The van der Waals surface area contributed by atoms with E-state index in [1.54, 1.807) is 19.9 Å². The Hall–Kier alpha value is -1.09. The van der Waals surface area contributed by atoms with Crippen molar-refractivity contribution in [2.45, 2.75) is 19.2 Å². The summed E-state index contributed by atoms with van der Waals surface area (Å²) in [6, 6.07) is 4.52. The Kier molecular flexibility index (Phi) is 3.47. The van der Waals surface area contributed by atoms with Crippen molar-refractivity contribution in [1.29, 1.82) is 0 Å². The van der Waals surface area contributed by atoms with E-state index in [0.717, 1.165) is 0 Å². The Labute approximate surface area is 87.1 Å². The molecule has 0 aliphatic rings. The Balaban J connectivity index is 2.87. The fourth-order valence-electron chi connectivity index (χ4n) is 0.975. The molecule has 76 valence electrons. The average molecular weight is 216 g/mol. The molecule has 0 saturated heterocycles. The lowest BCUT2D eigenvalue weighted by molar-refractivity contribution is -0.115. The summed E-state index contributed by atoms with van der Waals surface area (Å²) in [6.45, 7) is 3.16. The third-order valence-corrected chi connectivity index (χ3v) is 2.09. The molecule has 0 saturated carbocycles. The summed E-state index contributed by atoms with van der Waals surface area (Å²) in [6.07, 6.45) is 0. The van der Waals surface area contributed by atoms with Crippen LogP contribution in [0.15, 0.2) is 18.2 Å². The number of carbonyl (C=O) groups is 1. The van der Waals surface area contributed by atoms with Crippen molar-refractivity contribution in [2.75, 3.05) is 5.32 Å². The second-order valence-corrected chi connectivity index (χ2v) is 3.67. The van der Waals surface area contributed by atoms with Gasteiger partial charge in [-0.15, -0.1) is 11.6 Å². The summed E-state index contributed by atoms with van der Waals surface area (Å²) in [5.41, 5.74) is 0.876. The highest BCUT2D eigenvalue weighted by atomic mass is 35.5. The molecule has 2 nitrogen and oxygen atoms in total. The Morgan fingerprint density at radius 2 is 2.21 bits per heavy atom.